The highest BCUT2D eigenvalue weighted by Crippen LogP contribution is 1.95. The van der Waals surface area contributed by atoms with Gasteiger partial charge in [-0.2, -0.15) is 0 Å². The van der Waals surface area contributed by atoms with Gasteiger partial charge in [-0.25, -0.2) is 4.79 Å². The molecule has 0 heterocycles. The number of hydrogen-bond acceptors (Lipinski definition) is 4. The average molecular weight is 204 g/mol. The second-order valence-corrected chi connectivity index (χ2v) is 3.15. The molecule has 0 bridgehead atoms. The van der Waals surface area contributed by atoms with Gasteiger partial charge in [0, 0.05) is 13.2 Å². The van der Waals surface area contributed by atoms with Gasteiger partial charge < -0.3 is 20.9 Å². The lowest BCUT2D eigenvalue weighted by Crippen LogP contribution is -2.29. The molecule has 14 heavy (non-hydrogen) atoms. The fourth-order valence-corrected chi connectivity index (χ4v) is 0.945. The molecule has 0 saturated carbocycles. The van der Waals surface area contributed by atoms with Gasteiger partial charge in [-0.3, -0.25) is 0 Å². The number of aliphatic hydroxyl groups is 1. The lowest BCUT2D eigenvalue weighted by atomic mass is 10.3. The Hall–Kier alpha value is -0.810. The van der Waals surface area contributed by atoms with Gasteiger partial charge in [-0.05, 0) is 32.7 Å². The van der Waals surface area contributed by atoms with E-state index in [1.807, 2.05) is 0 Å². The van der Waals surface area contributed by atoms with Crippen molar-refractivity contribution in [3.63, 3.8) is 0 Å². The quantitative estimate of drug-likeness (QED) is 0.518. The third-order valence-electron chi connectivity index (χ3n) is 1.74. The molecular weight excluding hydrogens is 184 g/mol. The zero-order valence-electron chi connectivity index (χ0n) is 8.66. The van der Waals surface area contributed by atoms with Crippen LogP contribution in [0.2, 0.25) is 0 Å². The Morgan fingerprint density at radius 3 is 2.86 bits per heavy atom. The van der Waals surface area contributed by atoms with Gasteiger partial charge in [0.2, 0.25) is 0 Å². The number of hydrogen-bond donors (Lipinski definition) is 3. The SMILES string of the molecule is C[C@H](CCN)OC(=O)NCCCCO. The van der Waals surface area contributed by atoms with Gasteiger partial charge >= 0.3 is 6.09 Å². The molecule has 4 N–H and O–H groups in total. The summed E-state index contributed by atoms with van der Waals surface area (Å²) in [6.45, 7) is 3.01. The second-order valence-electron chi connectivity index (χ2n) is 3.15. The molecule has 0 aromatic rings. The molecule has 0 saturated heterocycles. The van der Waals surface area contributed by atoms with Crippen LogP contribution >= 0.6 is 0 Å². The summed E-state index contributed by atoms with van der Waals surface area (Å²) in [5.41, 5.74) is 5.31. The van der Waals surface area contributed by atoms with Gasteiger partial charge in [-0.15, -0.1) is 0 Å². The minimum Gasteiger partial charge on any atom is -0.446 e. The van der Waals surface area contributed by atoms with E-state index in [4.69, 9.17) is 15.6 Å². The summed E-state index contributed by atoms with van der Waals surface area (Å²) in [6.07, 6.45) is 1.57. The number of unbranched alkanes of at least 4 members (excludes halogenated alkanes) is 1. The smallest absolute Gasteiger partial charge is 0.407 e. The summed E-state index contributed by atoms with van der Waals surface area (Å²) in [5.74, 6) is 0. The minimum atomic E-state index is -0.413. The van der Waals surface area contributed by atoms with Crippen LogP contribution in [0.5, 0.6) is 0 Å². The Labute approximate surface area is 84.6 Å². The first kappa shape index (κ1) is 13.2. The van der Waals surface area contributed by atoms with E-state index >= 15 is 0 Å². The lowest BCUT2D eigenvalue weighted by molar-refractivity contribution is 0.103. The largest absolute Gasteiger partial charge is 0.446 e. The molecule has 5 heteroatoms. The van der Waals surface area contributed by atoms with Crippen LogP contribution in [0.15, 0.2) is 0 Å². The van der Waals surface area contributed by atoms with Crippen molar-refractivity contribution in [3.8, 4) is 0 Å². The molecule has 1 atom stereocenters. The van der Waals surface area contributed by atoms with Crippen LogP contribution in [0.25, 0.3) is 0 Å². The van der Waals surface area contributed by atoms with E-state index in [9.17, 15) is 4.79 Å². The molecule has 0 aliphatic rings. The van der Waals surface area contributed by atoms with Crippen LogP contribution in [0, 0.1) is 0 Å². The van der Waals surface area contributed by atoms with Crippen LogP contribution in [0.3, 0.4) is 0 Å². The van der Waals surface area contributed by atoms with E-state index in [1.54, 1.807) is 6.92 Å². The molecule has 0 radical (unpaired) electrons. The number of carbonyl (C=O) groups excluding carboxylic acids is 1. The van der Waals surface area contributed by atoms with Crippen molar-refractivity contribution < 1.29 is 14.6 Å². The van der Waals surface area contributed by atoms with E-state index in [1.165, 1.54) is 0 Å². The first-order valence-electron chi connectivity index (χ1n) is 4.96. The molecule has 84 valence electrons. The van der Waals surface area contributed by atoms with Crippen molar-refractivity contribution in [2.24, 2.45) is 5.73 Å². The number of alkyl carbamates (subject to hydrolysis) is 1. The molecule has 0 spiro atoms. The van der Waals surface area contributed by atoms with Gasteiger partial charge in [0.25, 0.3) is 0 Å². The van der Waals surface area contributed by atoms with E-state index in [0.29, 0.717) is 25.9 Å². The molecule has 0 aliphatic heterocycles. The molecule has 0 fully saturated rings. The van der Waals surface area contributed by atoms with Gasteiger partial charge in [0.1, 0.15) is 6.10 Å². The predicted octanol–water partition coefficient (Wildman–Crippen LogP) is 0.222. The highest BCUT2D eigenvalue weighted by atomic mass is 16.6. The molecule has 0 unspecified atom stereocenters. The maximum absolute atomic E-state index is 11.1. The van der Waals surface area contributed by atoms with E-state index < -0.39 is 6.09 Å². The number of nitrogens with one attached hydrogen (secondary N) is 1. The summed E-state index contributed by atoms with van der Waals surface area (Å²) < 4.78 is 4.98. The Morgan fingerprint density at radius 2 is 2.29 bits per heavy atom. The fourth-order valence-electron chi connectivity index (χ4n) is 0.945. The number of carbonyl (C=O) groups is 1. The molecule has 0 aliphatic carbocycles. The van der Waals surface area contributed by atoms with Crippen molar-refractivity contribution in [1.29, 1.82) is 0 Å². The van der Waals surface area contributed by atoms with Crippen LogP contribution in [-0.4, -0.2) is 37.0 Å². The number of aliphatic hydroxyl groups excluding tert-OH is 1. The van der Waals surface area contributed by atoms with Crippen molar-refractivity contribution in [2.45, 2.75) is 32.3 Å². The maximum Gasteiger partial charge on any atom is 0.407 e. The summed E-state index contributed by atoms with van der Waals surface area (Å²) in [6, 6.07) is 0. The van der Waals surface area contributed by atoms with Gasteiger partial charge in [-0.1, -0.05) is 0 Å². The summed E-state index contributed by atoms with van der Waals surface area (Å²) in [5, 5.41) is 11.1. The Balaban J connectivity index is 3.35. The van der Waals surface area contributed by atoms with Gasteiger partial charge in [0.15, 0.2) is 0 Å². The van der Waals surface area contributed by atoms with E-state index in [-0.39, 0.29) is 12.7 Å². The number of amides is 1. The number of rotatable bonds is 7. The minimum absolute atomic E-state index is 0.141. The van der Waals surface area contributed by atoms with Gasteiger partial charge in [0.05, 0.1) is 0 Å². The standard InChI is InChI=1S/C9H20N2O3/c1-8(4-5-10)14-9(13)11-6-2-3-7-12/h8,12H,2-7,10H2,1H3,(H,11,13)/t8-/m1/s1. The zero-order chi connectivity index (χ0) is 10.8. The molecule has 0 aromatic carbocycles. The van der Waals surface area contributed by atoms with Crippen LogP contribution < -0.4 is 11.1 Å². The molecule has 5 nitrogen and oxygen atoms in total. The summed E-state index contributed by atoms with van der Waals surface area (Å²) >= 11 is 0. The maximum atomic E-state index is 11.1. The third-order valence-corrected chi connectivity index (χ3v) is 1.74. The van der Waals surface area contributed by atoms with Crippen molar-refractivity contribution in [3.05, 3.63) is 0 Å². The highest BCUT2D eigenvalue weighted by molar-refractivity contribution is 5.67. The lowest BCUT2D eigenvalue weighted by Gasteiger charge is -2.12. The topological polar surface area (TPSA) is 84.6 Å². The number of nitrogens with two attached hydrogens (primary N) is 1. The molecule has 1 amide bonds. The van der Waals surface area contributed by atoms with Crippen molar-refractivity contribution in [2.75, 3.05) is 19.7 Å². The molecule has 0 rings (SSSR count). The van der Waals surface area contributed by atoms with E-state index in [0.717, 1.165) is 6.42 Å². The van der Waals surface area contributed by atoms with Crippen LogP contribution in [0.1, 0.15) is 26.2 Å². The molecule has 0 aromatic heterocycles. The predicted molar refractivity (Wildman–Crippen MR) is 53.9 cm³/mol. The average Bonchev–Trinajstić information content (AvgIpc) is 2.13. The first-order chi connectivity index (χ1) is 6.70. The van der Waals surface area contributed by atoms with Crippen molar-refractivity contribution >= 4 is 6.09 Å². The summed E-state index contributed by atoms with van der Waals surface area (Å²) in [4.78, 5) is 11.1. The first-order valence-corrected chi connectivity index (χ1v) is 4.96. The monoisotopic (exact) mass is 204 g/mol. The second kappa shape index (κ2) is 8.77. The number of ether oxygens (including phenoxy) is 1. The van der Waals surface area contributed by atoms with Crippen LogP contribution in [-0.2, 0) is 4.74 Å². The fraction of sp³-hybridized carbons (Fsp3) is 0.889. The molecular formula is C9H20N2O3. The van der Waals surface area contributed by atoms with Crippen LogP contribution in [0.4, 0.5) is 4.79 Å². The van der Waals surface area contributed by atoms with E-state index in [2.05, 4.69) is 5.32 Å². The Morgan fingerprint density at radius 1 is 1.57 bits per heavy atom. The highest BCUT2D eigenvalue weighted by Gasteiger charge is 2.06. The normalized spacial score (nSPS) is 12.2. The third kappa shape index (κ3) is 7.82. The zero-order valence-corrected chi connectivity index (χ0v) is 8.66. The van der Waals surface area contributed by atoms with Crippen molar-refractivity contribution in [1.82, 2.24) is 5.32 Å². The Bertz CT molecular complexity index is 153. The summed E-state index contributed by atoms with van der Waals surface area (Å²) in [7, 11) is 0. The Kier molecular flexibility index (Phi) is 8.27.